The van der Waals surface area contributed by atoms with Gasteiger partial charge in [0.2, 0.25) is 5.95 Å². The lowest BCUT2D eigenvalue weighted by atomic mass is 10.2. The zero-order chi connectivity index (χ0) is 14.4. The topological polar surface area (TPSA) is 66.9 Å². The van der Waals surface area contributed by atoms with Gasteiger partial charge in [-0.1, -0.05) is 11.6 Å². The van der Waals surface area contributed by atoms with Gasteiger partial charge < -0.3 is 10.6 Å². The second-order valence-corrected chi connectivity index (χ2v) is 5.17. The van der Waals surface area contributed by atoms with Gasteiger partial charge in [-0.2, -0.15) is 0 Å². The molecule has 0 aliphatic rings. The molecular formula is C13H12BrClN4O. The largest absolute Gasteiger partial charge is 0.352 e. The van der Waals surface area contributed by atoms with E-state index < -0.39 is 0 Å². The molecule has 1 aromatic heterocycles. The number of hydrogen-bond donors (Lipinski definition) is 2. The summed E-state index contributed by atoms with van der Waals surface area (Å²) in [6.07, 6.45) is 3.30. The molecule has 20 heavy (non-hydrogen) atoms. The van der Waals surface area contributed by atoms with Gasteiger partial charge >= 0.3 is 0 Å². The molecule has 5 nitrogen and oxygen atoms in total. The first-order valence-electron chi connectivity index (χ1n) is 5.91. The smallest absolute Gasteiger partial charge is 0.252 e. The lowest BCUT2D eigenvalue weighted by Gasteiger charge is -2.08. The number of nitrogens with one attached hydrogen (secondary N) is 2. The van der Waals surface area contributed by atoms with E-state index in [1.54, 1.807) is 36.7 Å². The predicted molar refractivity (Wildman–Crippen MR) is 82.0 cm³/mol. The molecular weight excluding hydrogens is 344 g/mol. The zero-order valence-corrected chi connectivity index (χ0v) is 12.8. The molecule has 2 aromatic rings. The van der Waals surface area contributed by atoms with E-state index in [0.29, 0.717) is 34.1 Å². The van der Waals surface area contributed by atoms with Crippen molar-refractivity contribution in [2.24, 2.45) is 0 Å². The second kappa shape index (κ2) is 7.21. The lowest BCUT2D eigenvalue weighted by Crippen LogP contribution is -2.29. The van der Waals surface area contributed by atoms with E-state index in [-0.39, 0.29) is 5.91 Å². The number of hydrogen-bond acceptors (Lipinski definition) is 4. The van der Waals surface area contributed by atoms with Gasteiger partial charge in [-0.3, -0.25) is 4.79 Å². The summed E-state index contributed by atoms with van der Waals surface area (Å²) in [7, 11) is 0. The van der Waals surface area contributed by atoms with Crippen LogP contribution in [-0.2, 0) is 0 Å². The van der Waals surface area contributed by atoms with Crippen LogP contribution in [0.4, 0.5) is 5.95 Å². The fourth-order valence-corrected chi connectivity index (χ4v) is 2.11. The first-order chi connectivity index (χ1) is 9.66. The normalized spacial score (nSPS) is 10.1. The molecule has 0 spiro atoms. The van der Waals surface area contributed by atoms with Gasteiger partial charge in [-0.15, -0.1) is 0 Å². The van der Waals surface area contributed by atoms with Crippen LogP contribution in [0.2, 0.25) is 5.02 Å². The van der Waals surface area contributed by atoms with Gasteiger partial charge in [0.25, 0.3) is 5.91 Å². The van der Waals surface area contributed by atoms with Gasteiger partial charge in [0.1, 0.15) is 0 Å². The molecule has 0 unspecified atom stereocenters. The number of rotatable bonds is 5. The molecule has 0 bridgehead atoms. The van der Waals surface area contributed by atoms with Gasteiger partial charge in [0, 0.05) is 35.0 Å². The van der Waals surface area contributed by atoms with Crippen LogP contribution in [-0.4, -0.2) is 29.0 Å². The Morgan fingerprint density at radius 1 is 1.25 bits per heavy atom. The summed E-state index contributed by atoms with van der Waals surface area (Å²) in [5.41, 5.74) is 0.508. The maximum atomic E-state index is 12.0. The molecule has 0 radical (unpaired) electrons. The van der Waals surface area contributed by atoms with Crippen molar-refractivity contribution in [3.8, 4) is 0 Å². The molecule has 2 N–H and O–H groups in total. The molecule has 1 heterocycles. The van der Waals surface area contributed by atoms with Crippen LogP contribution in [0.25, 0.3) is 0 Å². The Morgan fingerprint density at radius 3 is 2.75 bits per heavy atom. The fraction of sp³-hybridized carbons (Fsp3) is 0.154. The number of anilines is 1. The highest BCUT2D eigenvalue weighted by Gasteiger charge is 2.09. The summed E-state index contributed by atoms with van der Waals surface area (Å²) in [5.74, 6) is 0.348. The number of aromatic nitrogens is 2. The summed E-state index contributed by atoms with van der Waals surface area (Å²) in [6, 6.07) is 6.82. The summed E-state index contributed by atoms with van der Waals surface area (Å²) in [6.45, 7) is 0.990. The minimum atomic E-state index is -0.185. The van der Waals surface area contributed by atoms with E-state index in [1.165, 1.54) is 0 Å². The lowest BCUT2D eigenvalue weighted by molar-refractivity contribution is 0.0954. The van der Waals surface area contributed by atoms with Crippen molar-refractivity contribution in [2.75, 3.05) is 18.4 Å². The second-order valence-electron chi connectivity index (χ2n) is 3.88. The fourth-order valence-electron chi connectivity index (χ4n) is 1.51. The minimum Gasteiger partial charge on any atom is -0.352 e. The van der Waals surface area contributed by atoms with Gasteiger partial charge in [0.05, 0.1) is 5.56 Å². The molecule has 2 rings (SSSR count). The Kier molecular flexibility index (Phi) is 5.31. The van der Waals surface area contributed by atoms with Crippen molar-refractivity contribution in [1.82, 2.24) is 15.3 Å². The molecule has 0 fully saturated rings. The average molecular weight is 356 g/mol. The van der Waals surface area contributed by atoms with Crippen molar-refractivity contribution >= 4 is 39.4 Å². The Bertz CT molecular complexity index is 594. The minimum absolute atomic E-state index is 0.185. The third-order valence-corrected chi connectivity index (χ3v) is 3.36. The van der Waals surface area contributed by atoms with Crippen molar-refractivity contribution < 1.29 is 4.79 Å². The van der Waals surface area contributed by atoms with Gasteiger partial charge in [-0.05, 0) is 40.2 Å². The monoisotopic (exact) mass is 354 g/mol. The number of halogens is 2. The maximum Gasteiger partial charge on any atom is 0.252 e. The van der Waals surface area contributed by atoms with Crippen molar-refractivity contribution in [3.05, 3.63) is 51.7 Å². The van der Waals surface area contributed by atoms with Crippen molar-refractivity contribution in [3.63, 3.8) is 0 Å². The number of nitrogens with zero attached hydrogens (tertiary/aromatic N) is 2. The number of benzene rings is 1. The van der Waals surface area contributed by atoms with Crippen LogP contribution >= 0.6 is 27.5 Å². The van der Waals surface area contributed by atoms with Gasteiger partial charge in [0.15, 0.2) is 0 Å². The molecule has 1 aromatic carbocycles. The average Bonchev–Trinajstić information content (AvgIpc) is 2.47. The summed E-state index contributed by atoms with van der Waals surface area (Å²) in [5, 5.41) is 6.32. The number of carbonyl (C=O) groups excluding carboxylic acids is 1. The molecule has 7 heteroatoms. The molecule has 0 atom stereocenters. The Labute approximate surface area is 129 Å². The molecule has 0 aliphatic heterocycles. The van der Waals surface area contributed by atoms with E-state index in [2.05, 4.69) is 36.5 Å². The standard InChI is InChI=1S/C13H12BrClN4O/c14-11-3-2-9(15)8-10(11)12(20)16-6-7-19-13-17-4-1-5-18-13/h1-5,8H,6-7H2,(H,16,20)(H,17,18,19). The molecule has 104 valence electrons. The summed E-state index contributed by atoms with van der Waals surface area (Å²) >= 11 is 9.19. The van der Waals surface area contributed by atoms with Crippen molar-refractivity contribution in [2.45, 2.75) is 0 Å². The van der Waals surface area contributed by atoms with Crippen LogP contribution in [0, 0.1) is 0 Å². The van der Waals surface area contributed by atoms with Crippen LogP contribution in [0.15, 0.2) is 41.1 Å². The third kappa shape index (κ3) is 4.18. The SMILES string of the molecule is O=C(NCCNc1ncccn1)c1cc(Cl)ccc1Br. The van der Waals surface area contributed by atoms with E-state index in [9.17, 15) is 4.79 Å². The molecule has 0 saturated heterocycles. The summed E-state index contributed by atoms with van der Waals surface area (Å²) < 4.78 is 0.707. The molecule has 1 amide bonds. The highest BCUT2D eigenvalue weighted by Crippen LogP contribution is 2.20. The van der Waals surface area contributed by atoms with Crippen LogP contribution < -0.4 is 10.6 Å². The quantitative estimate of drug-likeness (QED) is 0.809. The third-order valence-electron chi connectivity index (χ3n) is 2.43. The first kappa shape index (κ1) is 14.7. The van der Waals surface area contributed by atoms with E-state index in [1.807, 2.05) is 0 Å². The number of carbonyl (C=O) groups is 1. The Morgan fingerprint density at radius 2 is 2.00 bits per heavy atom. The number of amides is 1. The first-order valence-corrected chi connectivity index (χ1v) is 7.08. The summed E-state index contributed by atoms with van der Waals surface area (Å²) in [4.78, 5) is 20.0. The van der Waals surface area contributed by atoms with Crippen LogP contribution in [0.3, 0.4) is 0 Å². The highest BCUT2D eigenvalue weighted by molar-refractivity contribution is 9.10. The predicted octanol–water partition coefficient (Wildman–Crippen LogP) is 2.73. The van der Waals surface area contributed by atoms with E-state index in [0.717, 1.165) is 0 Å². The van der Waals surface area contributed by atoms with E-state index >= 15 is 0 Å². The highest BCUT2D eigenvalue weighted by atomic mass is 79.9. The maximum absolute atomic E-state index is 12.0. The van der Waals surface area contributed by atoms with Crippen LogP contribution in [0.1, 0.15) is 10.4 Å². The zero-order valence-electron chi connectivity index (χ0n) is 10.4. The van der Waals surface area contributed by atoms with E-state index in [4.69, 9.17) is 11.6 Å². The Hall–Kier alpha value is -1.66. The molecule has 0 saturated carbocycles. The van der Waals surface area contributed by atoms with Crippen LogP contribution in [0.5, 0.6) is 0 Å². The Balaban J connectivity index is 1.82. The van der Waals surface area contributed by atoms with Crippen molar-refractivity contribution in [1.29, 1.82) is 0 Å². The molecule has 0 aliphatic carbocycles. The van der Waals surface area contributed by atoms with Gasteiger partial charge in [-0.25, -0.2) is 9.97 Å².